The van der Waals surface area contributed by atoms with E-state index >= 15 is 0 Å². The lowest BCUT2D eigenvalue weighted by Crippen LogP contribution is -2.34. The summed E-state index contributed by atoms with van der Waals surface area (Å²) in [4.78, 5) is 12.4. The molecule has 1 N–H and O–H groups in total. The number of hydrogen-bond donors (Lipinski definition) is 1. The van der Waals surface area contributed by atoms with Crippen molar-refractivity contribution in [1.29, 1.82) is 0 Å². The molecule has 0 saturated heterocycles. The lowest BCUT2D eigenvalue weighted by atomic mass is 10.1. The van der Waals surface area contributed by atoms with Gasteiger partial charge in [0.1, 0.15) is 5.75 Å². The van der Waals surface area contributed by atoms with Crippen molar-refractivity contribution >= 4 is 23.2 Å². The van der Waals surface area contributed by atoms with E-state index in [1.807, 2.05) is 37.3 Å². The van der Waals surface area contributed by atoms with Crippen molar-refractivity contribution in [3.8, 4) is 5.75 Å². The molecule has 138 valence electrons. The Balaban J connectivity index is 2.04. The van der Waals surface area contributed by atoms with Gasteiger partial charge in [-0.15, -0.1) is 0 Å². The number of aryl methyl sites for hydroxylation is 1. The van der Waals surface area contributed by atoms with Gasteiger partial charge in [0.25, 0.3) is 5.91 Å². The third-order valence-electron chi connectivity index (χ3n) is 3.99. The van der Waals surface area contributed by atoms with Gasteiger partial charge in [-0.25, -0.2) is 5.43 Å². The van der Waals surface area contributed by atoms with Crippen LogP contribution in [0.3, 0.4) is 0 Å². The molecule has 2 rings (SSSR count). The first-order chi connectivity index (χ1) is 12.5. The highest BCUT2D eigenvalue weighted by atomic mass is 35.5. The Morgan fingerprint density at radius 1 is 1.23 bits per heavy atom. The van der Waals surface area contributed by atoms with E-state index in [0.29, 0.717) is 10.8 Å². The fourth-order valence-corrected chi connectivity index (χ4v) is 2.67. The second kappa shape index (κ2) is 9.97. The minimum Gasteiger partial charge on any atom is -0.481 e. The molecule has 0 aromatic heterocycles. The zero-order valence-corrected chi connectivity index (χ0v) is 16.2. The van der Waals surface area contributed by atoms with Crippen LogP contribution in [0, 0.1) is 6.92 Å². The molecule has 0 saturated carbocycles. The van der Waals surface area contributed by atoms with Crippen LogP contribution in [0.5, 0.6) is 5.75 Å². The summed E-state index contributed by atoms with van der Waals surface area (Å²) in [6, 6.07) is 15.2. The molecule has 0 aliphatic carbocycles. The molecular formula is C21H25ClN2O2. The van der Waals surface area contributed by atoms with Gasteiger partial charge in [-0.05, 0) is 56.0 Å². The lowest BCUT2D eigenvalue weighted by molar-refractivity contribution is -0.127. The standard InChI is InChI=1S/C21H25ClN2O2/c1-4-5-11-19(17-9-7-6-8-10-17)23-24-21(25)16(3)26-20-13-12-18(22)14-15(20)2/h6-10,12-14,16H,4-5,11H2,1-3H3,(H,24,25). The minimum absolute atomic E-state index is 0.288. The molecule has 0 aliphatic heterocycles. The predicted molar refractivity (Wildman–Crippen MR) is 107 cm³/mol. The van der Waals surface area contributed by atoms with Crippen LogP contribution in [0.4, 0.5) is 0 Å². The summed E-state index contributed by atoms with van der Waals surface area (Å²) in [6.07, 6.45) is 2.23. The fraction of sp³-hybridized carbons (Fsp3) is 0.333. The topological polar surface area (TPSA) is 50.7 Å². The number of nitrogens with one attached hydrogen (secondary N) is 1. The molecule has 0 spiro atoms. The molecule has 1 atom stereocenters. The predicted octanol–water partition coefficient (Wildman–Crippen LogP) is 5.13. The number of carbonyl (C=O) groups is 1. The van der Waals surface area contributed by atoms with Crippen LogP contribution in [-0.4, -0.2) is 17.7 Å². The Hall–Kier alpha value is -2.33. The summed E-state index contributed by atoms with van der Waals surface area (Å²) in [5.41, 5.74) is 5.41. The van der Waals surface area contributed by atoms with Crippen molar-refractivity contribution in [3.63, 3.8) is 0 Å². The molecule has 26 heavy (non-hydrogen) atoms. The van der Waals surface area contributed by atoms with E-state index in [2.05, 4.69) is 17.5 Å². The minimum atomic E-state index is -0.665. The van der Waals surface area contributed by atoms with Gasteiger partial charge in [0, 0.05) is 5.02 Å². The third-order valence-corrected chi connectivity index (χ3v) is 4.22. The van der Waals surface area contributed by atoms with Crippen LogP contribution in [0.25, 0.3) is 0 Å². The number of amides is 1. The van der Waals surface area contributed by atoms with E-state index in [1.54, 1.807) is 25.1 Å². The molecule has 0 fully saturated rings. The maximum atomic E-state index is 12.4. The highest BCUT2D eigenvalue weighted by Crippen LogP contribution is 2.22. The Kier molecular flexibility index (Phi) is 7.67. The molecule has 1 amide bonds. The molecule has 0 bridgehead atoms. The SMILES string of the molecule is CCCCC(=NNC(=O)C(C)Oc1ccc(Cl)cc1C)c1ccccc1. The van der Waals surface area contributed by atoms with Gasteiger partial charge in [0.15, 0.2) is 6.10 Å². The van der Waals surface area contributed by atoms with Crippen molar-refractivity contribution in [2.75, 3.05) is 0 Å². The molecule has 0 radical (unpaired) electrons. The zero-order valence-electron chi connectivity index (χ0n) is 15.5. The Bertz CT molecular complexity index is 760. The molecule has 1 unspecified atom stereocenters. The summed E-state index contributed by atoms with van der Waals surface area (Å²) in [6.45, 7) is 5.72. The number of ether oxygens (including phenoxy) is 1. The smallest absolute Gasteiger partial charge is 0.280 e. The van der Waals surface area contributed by atoms with Crippen molar-refractivity contribution in [1.82, 2.24) is 5.43 Å². The van der Waals surface area contributed by atoms with Crippen LogP contribution < -0.4 is 10.2 Å². The third kappa shape index (κ3) is 5.88. The highest BCUT2D eigenvalue weighted by Gasteiger charge is 2.16. The molecule has 2 aromatic rings. The normalized spacial score (nSPS) is 12.5. The first kappa shape index (κ1) is 20.0. The van der Waals surface area contributed by atoms with Gasteiger partial charge in [-0.3, -0.25) is 4.79 Å². The summed E-state index contributed by atoms with van der Waals surface area (Å²) >= 11 is 5.95. The van der Waals surface area contributed by atoms with Gasteiger partial charge in [-0.1, -0.05) is 55.3 Å². The molecule has 0 heterocycles. The van der Waals surface area contributed by atoms with Gasteiger partial charge >= 0.3 is 0 Å². The summed E-state index contributed by atoms with van der Waals surface area (Å²) < 4.78 is 5.74. The van der Waals surface area contributed by atoms with E-state index in [9.17, 15) is 4.79 Å². The van der Waals surface area contributed by atoms with Gasteiger partial charge < -0.3 is 4.74 Å². The van der Waals surface area contributed by atoms with Gasteiger partial charge in [0.2, 0.25) is 0 Å². The van der Waals surface area contributed by atoms with Crippen LogP contribution in [0.2, 0.25) is 5.02 Å². The number of nitrogens with zero attached hydrogens (tertiary/aromatic N) is 1. The van der Waals surface area contributed by atoms with E-state index < -0.39 is 6.10 Å². The number of hydrogen-bond acceptors (Lipinski definition) is 3. The number of unbranched alkanes of at least 4 members (excludes halogenated alkanes) is 1. The molecule has 2 aromatic carbocycles. The first-order valence-electron chi connectivity index (χ1n) is 8.86. The average Bonchev–Trinajstić information content (AvgIpc) is 2.64. The van der Waals surface area contributed by atoms with E-state index in [1.165, 1.54) is 0 Å². The first-order valence-corrected chi connectivity index (χ1v) is 9.23. The Labute approximate surface area is 160 Å². The second-order valence-corrected chi connectivity index (χ2v) is 6.61. The van der Waals surface area contributed by atoms with Crippen LogP contribution in [-0.2, 0) is 4.79 Å². The van der Waals surface area contributed by atoms with Crippen LogP contribution in [0.15, 0.2) is 53.6 Å². The Morgan fingerprint density at radius 2 is 1.96 bits per heavy atom. The van der Waals surface area contributed by atoms with E-state index in [-0.39, 0.29) is 5.91 Å². The Morgan fingerprint density at radius 3 is 2.62 bits per heavy atom. The number of carbonyl (C=O) groups excluding carboxylic acids is 1. The summed E-state index contributed by atoms with van der Waals surface area (Å²) in [7, 11) is 0. The number of halogens is 1. The number of hydrazone groups is 1. The van der Waals surface area contributed by atoms with Crippen LogP contribution >= 0.6 is 11.6 Å². The monoisotopic (exact) mass is 372 g/mol. The van der Waals surface area contributed by atoms with Crippen molar-refractivity contribution in [2.24, 2.45) is 5.10 Å². The molecular weight excluding hydrogens is 348 g/mol. The van der Waals surface area contributed by atoms with E-state index in [4.69, 9.17) is 16.3 Å². The molecule has 0 aliphatic rings. The zero-order chi connectivity index (χ0) is 18.9. The lowest BCUT2D eigenvalue weighted by Gasteiger charge is -2.15. The molecule has 5 heteroatoms. The van der Waals surface area contributed by atoms with Crippen molar-refractivity contribution < 1.29 is 9.53 Å². The van der Waals surface area contributed by atoms with Crippen molar-refractivity contribution in [2.45, 2.75) is 46.1 Å². The second-order valence-electron chi connectivity index (χ2n) is 6.17. The quantitative estimate of drug-likeness (QED) is 0.516. The maximum Gasteiger partial charge on any atom is 0.280 e. The summed E-state index contributed by atoms with van der Waals surface area (Å²) in [5, 5.41) is 4.99. The maximum absolute atomic E-state index is 12.4. The van der Waals surface area contributed by atoms with Crippen molar-refractivity contribution in [3.05, 3.63) is 64.7 Å². The van der Waals surface area contributed by atoms with Crippen LogP contribution in [0.1, 0.15) is 44.2 Å². The average molecular weight is 373 g/mol. The molecule has 4 nitrogen and oxygen atoms in total. The van der Waals surface area contributed by atoms with Gasteiger partial charge in [0.05, 0.1) is 5.71 Å². The fourth-order valence-electron chi connectivity index (χ4n) is 2.44. The van der Waals surface area contributed by atoms with E-state index in [0.717, 1.165) is 36.1 Å². The number of benzene rings is 2. The summed E-state index contributed by atoms with van der Waals surface area (Å²) in [5.74, 6) is 0.347. The number of rotatable bonds is 8. The highest BCUT2D eigenvalue weighted by molar-refractivity contribution is 6.30. The largest absolute Gasteiger partial charge is 0.481 e. The van der Waals surface area contributed by atoms with Gasteiger partial charge in [-0.2, -0.15) is 5.10 Å².